The van der Waals surface area contributed by atoms with Crippen molar-refractivity contribution >= 4 is 39.7 Å². The number of halogens is 1. The predicted octanol–water partition coefficient (Wildman–Crippen LogP) is 4.31. The van der Waals surface area contributed by atoms with E-state index in [1.807, 2.05) is 11.6 Å². The number of nitro groups is 1. The summed E-state index contributed by atoms with van der Waals surface area (Å²) < 4.78 is 7.52. The van der Waals surface area contributed by atoms with Gasteiger partial charge in [-0.2, -0.15) is 0 Å². The number of benzene rings is 1. The molecule has 0 spiro atoms. The van der Waals surface area contributed by atoms with Crippen LogP contribution < -0.4 is 4.74 Å². The van der Waals surface area contributed by atoms with Crippen LogP contribution in [0.15, 0.2) is 40.9 Å². The van der Waals surface area contributed by atoms with Gasteiger partial charge in [-0.15, -0.1) is 10.2 Å². The Bertz CT molecular complexity index is 879. The fourth-order valence-corrected chi connectivity index (χ4v) is 3.78. The SMILES string of the molecule is Cn1c(COc2ccc(Cl)cc2)nnc1SCc1csc([N+](=O)[O-])c1. The van der Waals surface area contributed by atoms with Crippen LogP contribution in [0.5, 0.6) is 5.75 Å². The van der Waals surface area contributed by atoms with Crippen LogP contribution in [0.4, 0.5) is 5.00 Å². The fourth-order valence-electron chi connectivity index (χ4n) is 1.96. The highest BCUT2D eigenvalue weighted by Gasteiger charge is 2.13. The van der Waals surface area contributed by atoms with Gasteiger partial charge in [0.15, 0.2) is 11.0 Å². The van der Waals surface area contributed by atoms with Crippen molar-refractivity contribution in [3.63, 3.8) is 0 Å². The van der Waals surface area contributed by atoms with Gasteiger partial charge in [0.05, 0.1) is 4.92 Å². The second-order valence-corrected chi connectivity index (χ2v) is 7.31. The Labute approximate surface area is 156 Å². The van der Waals surface area contributed by atoms with Gasteiger partial charge in [0.2, 0.25) is 0 Å². The van der Waals surface area contributed by atoms with Gasteiger partial charge in [0.1, 0.15) is 12.4 Å². The lowest BCUT2D eigenvalue weighted by Crippen LogP contribution is -2.04. The number of hydrogen-bond donors (Lipinski definition) is 0. The molecule has 0 atom stereocenters. The zero-order valence-corrected chi connectivity index (χ0v) is 15.5. The summed E-state index contributed by atoms with van der Waals surface area (Å²) >= 11 is 8.43. The van der Waals surface area contributed by atoms with Crippen molar-refractivity contribution in [3.05, 3.63) is 62.2 Å². The number of rotatable bonds is 7. The van der Waals surface area contributed by atoms with Crippen molar-refractivity contribution in [1.82, 2.24) is 14.8 Å². The third kappa shape index (κ3) is 4.50. The summed E-state index contributed by atoms with van der Waals surface area (Å²) in [6.45, 7) is 0.287. The number of nitrogens with zero attached hydrogens (tertiary/aromatic N) is 4. The third-order valence-corrected chi connectivity index (χ3v) is 5.57. The van der Waals surface area contributed by atoms with E-state index in [2.05, 4.69) is 10.2 Å². The maximum absolute atomic E-state index is 10.7. The summed E-state index contributed by atoms with van der Waals surface area (Å²) in [6, 6.07) is 8.68. The van der Waals surface area contributed by atoms with Crippen LogP contribution in [0.2, 0.25) is 5.02 Å². The van der Waals surface area contributed by atoms with E-state index in [1.165, 1.54) is 11.8 Å². The zero-order chi connectivity index (χ0) is 17.8. The fraction of sp³-hybridized carbons (Fsp3) is 0.200. The smallest absolute Gasteiger partial charge is 0.324 e. The molecule has 0 aliphatic rings. The van der Waals surface area contributed by atoms with Crippen molar-refractivity contribution in [2.75, 3.05) is 0 Å². The zero-order valence-electron chi connectivity index (χ0n) is 13.1. The summed E-state index contributed by atoms with van der Waals surface area (Å²) in [5.74, 6) is 1.98. The van der Waals surface area contributed by atoms with Crippen molar-refractivity contribution in [2.24, 2.45) is 7.05 Å². The normalized spacial score (nSPS) is 10.8. The molecule has 1 aromatic carbocycles. The molecule has 0 saturated heterocycles. The van der Waals surface area contributed by atoms with E-state index in [-0.39, 0.29) is 16.5 Å². The van der Waals surface area contributed by atoms with Gasteiger partial charge < -0.3 is 9.30 Å². The molecule has 25 heavy (non-hydrogen) atoms. The first-order valence-electron chi connectivity index (χ1n) is 7.14. The van der Waals surface area contributed by atoms with E-state index in [1.54, 1.807) is 35.7 Å². The second-order valence-electron chi connectivity index (χ2n) is 5.04. The highest BCUT2D eigenvalue weighted by atomic mass is 35.5. The van der Waals surface area contributed by atoms with E-state index in [0.29, 0.717) is 22.3 Å². The largest absolute Gasteiger partial charge is 0.486 e. The monoisotopic (exact) mass is 396 g/mol. The summed E-state index contributed by atoms with van der Waals surface area (Å²) in [5, 5.41) is 22.3. The molecule has 0 aliphatic carbocycles. The summed E-state index contributed by atoms with van der Waals surface area (Å²) in [5.41, 5.74) is 0.892. The molecule has 10 heteroatoms. The molecule has 2 heterocycles. The molecule has 3 aromatic rings. The number of thioether (sulfide) groups is 1. The molecule has 130 valence electrons. The number of ether oxygens (including phenoxy) is 1. The van der Waals surface area contributed by atoms with Gasteiger partial charge >= 0.3 is 5.00 Å². The summed E-state index contributed by atoms with van der Waals surface area (Å²) in [7, 11) is 1.86. The molecule has 0 fully saturated rings. The topological polar surface area (TPSA) is 83.1 Å². The molecule has 2 aromatic heterocycles. The Kier molecular flexibility index (Phi) is 5.57. The molecule has 0 unspecified atom stereocenters. The van der Waals surface area contributed by atoms with Gasteiger partial charge in [-0.3, -0.25) is 10.1 Å². The van der Waals surface area contributed by atoms with E-state index < -0.39 is 0 Å². The molecule has 0 amide bonds. The predicted molar refractivity (Wildman–Crippen MR) is 97.3 cm³/mol. The minimum atomic E-state index is -0.382. The molecular formula is C15H13ClN4O3S2. The van der Waals surface area contributed by atoms with Crippen LogP contribution in [0.25, 0.3) is 0 Å². The molecule has 0 radical (unpaired) electrons. The molecule has 0 saturated carbocycles. The molecule has 7 nitrogen and oxygen atoms in total. The van der Waals surface area contributed by atoms with Gasteiger partial charge in [-0.05, 0) is 29.8 Å². The Morgan fingerprint density at radius 1 is 1.36 bits per heavy atom. The van der Waals surface area contributed by atoms with Crippen LogP contribution in [0.1, 0.15) is 11.4 Å². The highest BCUT2D eigenvalue weighted by Crippen LogP contribution is 2.28. The maximum atomic E-state index is 10.7. The van der Waals surface area contributed by atoms with Crippen LogP contribution >= 0.6 is 34.7 Å². The van der Waals surface area contributed by atoms with Gasteiger partial charge in [-0.1, -0.05) is 34.7 Å². The standard InChI is InChI=1S/C15H13ClN4O3S2/c1-19-13(7-23-12-4-2-11(16)3-5-12)17-18-15(19)25-9-10-6-14(20(21)22)24-8-10/h2-6,8H,7,9H2,1H3. The third-order valence-electron chi connectivity index (χ3n) is 3.29. The Morgan fingerprint density at radius 3 is 2.80 bits per heavy atom. The maximum Gasteiger partial charge on any atom is 0.324 e. The quantitative estimate of drug-likeness (QED) is 0.336. The lowest BCUT2D eigenvalue weighted by Gasteiger charge is -2.06. The number of thiophene rings is 1. The van der Waals surface area contributed by atoms with Crippen LogP contribution in [-0.4, -0.2) is 19.7 Å². The number of aromatic nitrogens is 3. The van der Waals surface area contributed by atoms with Gasteiger partial charge in [-0.25, -0.2) is 0 Å². The molecular weight excluding hydrogens is 384 g/mol. The van der Waals surface area contributed by atoms with E-state index in [0.717, 1.165) is 22.1 Å². The van der Waals surface area contributed by atoms with Crippen molar-refractivity contribution in [2.45, 2.75) is 17.5 Å². The lowest BCUT2D eigenvalue weighted by molar-refractivity contribution is -0.380. The van der Waals surface area contributed by atoms with E-state index in [9.17, 15) is 10.1 Å². The molecule has 0 bridgehead atoms. The average molecular weight is 397 g/mol. The van der Waals surface area contributed by atoms with Crippen molar-refractivity contribution < 1.29 is 9.66 Å². The first kappa shape index (κ1) is 17.7. The van der Waals surface area contributed by atoms with E-state index >= 15 is 0 Å². The average Bonchev–Trinajstić information content (AvgIpc) is 3.20. The highest BCUT2D eigenvalue weighted by molar-refractivity contribution is 7.98. The first-order valence-corrected chi connectivity index (χ1v) is 9.38. The lowest BCUT2D eigenvalue weighted by atomic mass is 10.3. The van der Waals surface area contributed by atoms with E-state index in [4.69, 9.17) is 16.3 Å². The molecule has 0 N–H and O–H groups in total. The van der Waals surface area contributed by atoms with Gasteiger partial charge in [0.25, 0.3) is 0 Å². The minimum Gasteiger partial charge on any atom is -0.486 e. The Morgan fingerprint density at radius 2 is 2.12 bits per heavy atom. The molecule has 3 rings (SSSR count). The van der Waals surface area contributed by atoms with Crippen LogP contribution in [0, 0.1) is 10.1 Å². The second kappa shape index (κ2) is 7.85. The van der Waals surface area contributed by atoms with Crippen molar-refractivity contribution in [3.8, 4) is 5.75 Å². The summed E-state index contributed by atoms with van der Waals surface area (Å²) in [6.07, 6.45) is 0. The number of hydrogen-bond acceptors (Lipinski definition) is 7. The van der Waals surface area contributed by atoms with Crippen molar-refractivity contribution in [1.29, 1.82) is 0 Å². The first-order chi connectivity index (χ1) is 12.0. The Balaban J connectivity index is 1.58. The summed E-state index contributed by atoms with van der Waals surface area (Å²) in [4.78, 5) is 10.3. The van der Waals surface area contributed by atoms with Crippen LogP contribution in [-0.2, 0) is 19.4 Å². The minimum absolute atomic E-state index is 0.144. The van der Waals surface area contributed by atoms with Gasteiger partial charge in [0, 0.05) is 29.3 Å². The van der Waals surface area contributed by atoms with Crippen LogP contribution in [0.3, 0.4) is 0 Å². The Hall–Kier alpha value is -2.10. The molecule has 0 aliphatic heterocycles.